The van der Waals surface area contributed by atoms with Crippen LogP contribution >= 0.6 is 31.9 Å². The molecule has 0 fully saturated rings. The largest absolute Gasteiger partial charge is 0.413 e. The summed E-state index contributed by atoms with van der Waals surface area (Å²) in [5.74, 6) is 0. The van der Waals surface area contributed by atoms with Crippen molar-refractivity contribution < 1.29 is 4.43 Å². The van der Waals surface area contributed by atoms with E-state index in [1.165, 1.54) is 5.56 Å². The van der Waals surface area contributed by atoms with Gasteiger partial charge in [-0.1, -0.05) is 37.9 Å². The first-order valence-corrected chi connectivity index (χ1v) is 7.96. The van der Waals surface area contributed by atoms with Crippen LogP contribution in [0.25, 0.3) is 0 Å². The Morgan fingerprint density at radius 1 is 1.31 bits per heavy atom. The van der Waals surface area contributed by atoms with E-state index in [1.807, 2.05) is 12.1 Å². The average Bonchev–Trinajstić information content (AvgIpc) is 2.02. The molecular formula is C9H11Br2OSi. The monoisotopic (exact) mass is 321 g/mol. The molecule has 0 saturated carbocycles. The summed E-state index contributed by atoms with van der Waals surface area (Å²) in [6.07, 6.45) is 0. The van der Waals surface area contributed by atoms with Gasteiger partial charge in [-0.25, -0.2) is 0 Å². The highest BCUT2D eigenvalue weighted by atomic mass is 79.9. The Bertz CT molecular complexity index is 289. The Hall–Kier alpha value is 0.357. The molecular weight excluding hydrogens is 312 g/mol. The first kappa shape index (κ1) is 11.4. The van der Waals surface area contributed by atoms with E-state index < -0.39 is 9.04 Å². The first-order valence-electron chi connectivity index (χ1n) is 3.96. The van der Waals surface area contributed by atoms with Gasteiger partial charge in [0.2, 0.25) is 9.04 Å². The second kappa shape index (κ2) is 5.29. The highest BCUT2D eigenvalue weighted by molar-refractivity contribution is 9.11. The van der Waals surface area contributed by atoms with Crippen molar-refractivity contribution in [3.05, 3.63) is 32.7 Å². The van der Waals surface area contributed by atoms with Crippen molar-refractivity contribution in [2.24, 2.45) is 0 Å². The lowest BCUT2D eigenvalue weighted by molar-refractivity contribution is 0.314. The summed E-state index contributed by atoms with van der Waals surface area (Å²) in [6.45, 7) is 4.98. The van der Waals surface area contributed by atoms with Crippen LogP contribution < -0.4 is 0 Å². The van der Waals surface area contributed by atoms with E-state index in [0.29, 0.717) is 6.61 Å². The van der Waals surface area contributed by atoms with Crippen LogP contribution in [-0.4, -0.2) is 9.04 Å². The zero-order valence-electron chi connectivity index (χ0n) is 7.60. The summed E-state index contributed by atoms with van der Waals surface area (Å²) in [4.78, 5) is 0. The van der Waals surface area contributed by atoms with Crippen molar-refractivity contribution in [2.45, 2.75) is 19.7 Å². The number of benzene rings is 1. The molecule has 0 spiro atoms. The molecule has 71 valence electrons. The van der Waals surface area contributed by atoms with Gasteiger partial charge in [-0.15, -0.1) is 0 Å². The summed E-state index contributed by atoms with van der Waals surface area (Å²) < 4.78 is 7.79. The molecule has 1 aromatic carbocycles. The van der Waals surface area contributed by atoms with Gasteiger partial charge in [0.15, 0.2) is 0 Å². The van der Waals surface area contributed by atoms with Crippen molar-refractivity contribution in [1.82, 2.24) is 0 Å². The van der Waals surface area contributed by atoms with Crippen molar-refractivity contribution >= 4 is 40.9 Å². The Labute approximate surface area is 97.5 Å². The maximum atomic E-state index is 5.61. The van der Waals surface area contributed by atoms with E-state index in [-0.39, 0.29) is 0 Å². The predicted molar refractivity (Wildman–Crippen MR) is 64.1 cm³/mol. The summed E-state index contributed by atoms with van der Waals surface area (Å²) in [5, 5.41) is 0. The molecule has 0 atom stereocenters. The van der Waals surface area contributed by atoms with Gasteiger partial charge in [-0.05, 0) is 30.8 Å². The lowest BCUT2D eigenvalue weighted by Gasteiger charge is -2.08. The topological polar surface area (TPSA) is 9.23 Å². The van der Waals surface area contributed by atoms with Gasteiger partial charge in [-0.2, -0.15) is 0 Å². The lowest BCUT2D eigenvalue weighted by atomic mass is 10.2. The molecule has 1 radical (unpaired) electrons. The third-order valence-electron chi connectivity index (χ3n) is 1.53. The molecule has 0 heterocycles. The van der Waals surface area contributed by atoms with E-state index in [0.717, 1.165) is 8.95 Å². The lowest BCUT2D eigenvalue weighted by Crippen LogP contribution is -2.07. The van der Waals surface area contributed by atoms with Gasteiger partial charge < -0.3 is 4.43 Å². The van der Waals surface area contributed by atoms with Crippen molar-refractivity contribution in [3.63, 3.8) is 0 Å². The third-order valence-corrected chi connectivity index (χ3v) is 3.48. The van der Waals surface area contributed by atoms with Crippen LogP contribution in [0, 0.1) is 0 Å². The molecule has 0 amide bonds. The predicted octanol–water partition coefficient (Wildman–Crippen LogP) is 3.98. The fraction of sp³-hybridized carbons (Fsp3) is 0.333. The van der Waals surface area contributed by atoms with Gasteiger partial charge >= 0.3 is 0 Å². The van der Waals surface area contributed by atoms with E-state index in [2.05, 4.69) is 51.0 Å². The Balaban J connectivity index is 2.67. The molecule has 0 unspecified atom stereocenters. The molecule has 0 saturated heterocycles. The maximum absolute atomic E-state index is 5.61. The Morgan fingerprint density at radius 2 is 2.00 bits per heavy atom. The molecule has 13 heavy (non-hydrogen) atoms. The van der Waals surface area contributed by atoms with Crippen molar-refractivity contribution in [1.29, 1.82) is 0 Å². The fourth-order valence-electron chi connectivity index (χ4n) is 0.861. The molecule has 0 aliphatic carbocycles. The number of rotatable bonds is 3. The minimum absolute atomic E-state index is 0.591. The quantitative estimate of drug-likeness (QED) is 0.765. The standard InChI is InChI=1S/C9H11Br2OSi/c1-13(2)12-6-7-3-4-8(10)5-9(7)11/h3-5H,6H2,1-2H3. The summed E-state index contributed by atoms with van der Waals surface area (Å²) >= 11 is 6.91. The van der Waals surface area contributed by atoms with E-state index in [4.69, 9.17) is 4.43 Å². The van der Waals surface area contributed by atoms with E-state index in [9.17, 15) is 0 Å². The number of halogens is 2. The van der Waals surface area contributed by atoms with Crippen LogP contribution in [0.2, 0.25) is 13.1 Å². The van der Waals surface area contributed by atoms with Gasteiger partial charge in [-0.3, -0.25) is 0 Å². The molecule has 0 bridgehead atoms. The highest BCUT2D eigenvalue weighted by Gasteiger charge is 2.02. The van der Waals surface area contributed by atoms with Crippen LogP contribution in [0.1, 0.15) is 5.56 Å². The minimum Gasteiger partial charge on any atom is -0.413 e. The molecule has 4 heteroatoms. The van der Waals surface area contributed by atoms with Crippen molar-refractivity contribution in [3.8, 4) is 0 Å². The van der Waals surface area contributed by atoms with Crippen LogP contribution in [0.5, 0.6) is 0 Å². The smallest absolute Gasteiger partial charge is 0.205 e. The highest BCUT2D eigenvalue weighted by Crippen LogP contribution is 2.22. The Kier molecular flexibility index (Phi) is 4.65. The summed E-state index contributed by atoms with van der Waals surface area (Å²) in [6, 6.07) is 6.14. The van der Waals surface area contributed by atoms with Gasteiger partial charge in [0.1, 0.15) is 0 Å². The molecule has 1 nitrogen and oxygen atoms in total. The molecule has 0 N–H and O–H groups in total. The van der Waals surface area contributed by atoms with Gasteiger partial charge in [0.05, 0.1) is 6.61 Å². The summed E-state index contributed by atoms with van der Waals surface area (Å²) in [7, 11) is -0.591. The van der Waals surface area contributed by atoms with E-state index in [1.54, 1.807) is 0 Å². The maximum Gasteiger partial charge on any atom is 0.205 e. The van der Waals surface area contributed by atoms with Gasteiger partial charge in [0, 0.05) is 8.95 Å². The molecule has 1 rings (SSSR count). The Morgan fingerprint density at radius 3 is 2.54 bits per heavy atom. The molecule has 0 aliphatic rings. The SMILES string of the molecule is C[Si](C)OCc1ccc(Br)cc1Br. The fourth-order valence-corrected chi connectivity index (χ4v) is 2.47. The zero-order chi connectivity index (χ0) is 9.84. The molecule has 1 aromatic rings. The average molecular weight is 323 g/mol. The van der Waals surface area contributed by atoms with Crippen molar-refractivity contribution in [2.75, 3.05) is 0 Å². The molecule has 0 aromatic heterocycles. The normalized spacial score (nSPS) is 10.8. The van der Waals surface area contributed by atoms with Crippen LogP contribution in [0.4, 0.5) is 0 Å². The second-order valence-corrected chi connectivity index (χ2v) is 6.81. The molecule has 0 aliphatic heterocycles. The minimum atomic E-state index is -0.591. The van der Waals surface area contributed by atoms with Crippen LogP contribution in [-0.2, 0) is 11.0 Å². The van der Waals surface area contributed by atoms with Crippen LogP contribution in [0.3, 0.4) is 0 Å². The van der Waals surface area contributed by atoms with Crippen LogP contribution in [0.15, 0.2) is 27.1 Å². The zero-order valence-corrected chi connectivity index (χ0v) is 11.8. The second-order valence-electron chi connectivity index (χ2n) is 2.93. The first-order chi connectivity index (χ1) is 6.09. The third kappa shape index (κ3) is 3.93. The number of hydrogen-bond donors (Lipinski definition) is 0. The van der Waals surface area contributed by atoms with Gasteiger partial charge in [0.25, 0.3) is 0 Å². The van der Waals surface area contributed by atoms with E-state index >= 15 is 0 Å². The number of hydrogen-bond acceptors (Lipinski definition) is 1. The summed E-state index contributed by atoms with van der Waals surface area (Å²) in [5.41, 5.74) is 1.20.